The highest BCUT2D eigenvalue weighted by Gasteiger charge is 2.26. The molecule has 0 aromatic heterocycles. The molecule has 0 unspecified atom stereocenters. The van der Waals surface area contributed by atoms with Gasteiger partial charge in [0.1, 0.15) is 0 Å². The molecule has 3 N–H and O–H groups in total. The van der Waals surface area contributed by atoms with E-state index in [9.17, 15) is 0 Å². The van der Waals surface area contributed by atoms with Crippen molar-refractivity contribution in [2.75, 3.05) is 13.2 Å². The number of rotatable bonds is 2. The highest BCUT2D eigenvalue weighted by Crippen LogP contribution is 2.31. The first-order valence-electron chi connectivity index (χ1n) is 3.17. The fourth-order valence-electron chi connectivity index (χ4n) is 1.22. The Morgan fingerprint density at radius 2 is 2.00 bits per heavy atom. The lowest BCUT2D eigenvalue weighted by atomic mass is 9.75. The SMILES string of the molecule is NCC1CC(CO)C1. The summed E-state index contributed by atoms with van der Waals surface area (Å²) in [6.07, 6.45) is 2.29. The Morgan fingerprint density at radius 1 is 1.38 bits per heavy atom. The lowest BCUT2D eigenvalue weighted by Crippen LogP contribution is -2.31. The van der Waals surface area contributed by atoms with Gasteiger partial charge in [0.15, 0.2) is 0 Å². The topological polar surface area (TPSA) is 46.2 Å². The van der Waals surface area contributed by atoms with Crippen molar-refractivity contribution in [2.24, 2.45) is 17.6 Å². The zero-order valence-corrected chi connectivity index (χ0v) is 5.01. The summed E-state index contributed by atoms with van der Waals surface area (Å²) in [6, 6.07) is 0. The zero-order chi connectivity index (χ0) is 5.98. The lowest BCUT2D eigenvalue weighted by molar-refractivity contribution is 0.112. The Bertz CT molecular complexity index is 60.9. The van der Waals surface area contributed by atoms with Crippen molar-refractivity contribution in [1.82, 2.24) is 0 Å². The molecule has 1 fully saturated rings. The molecule has 0 aromatic carbocycles. The molecule has 1 aliphatic rings. The fraction of sp³-hybridized carbons (Fsp3) is 1.00. The molecule has 2 heteroatoms. The maximum atomic E-state index is 8.56. The maximum Gasteiger partial charge on any atom is 0.0459 e. The summed E-state index contributed by atoms with van der Waals surface area (Å²) in [5, 5.41) is 8.56. The molecular formula is C6H13NO. The lowest BCUT2D eigenvalue weighted by Gasteiger charge is -2.32. The van der Waals surface area contributed by atoms with E-state index in [1.54, 1.807) is 0 Å². The first-order valence-corrected chi connectivity index (χ1v) is 3.17. The van der Waals surface area contributed by atoms with Gasteiger partial charge in [-0.05, 0) is 31.2 Å². The van der Waals surface area contributed by atoms with Crippen LogP contribution < -0.4 is 5.73 Å². The van der Waals surface area contributed by atoms with Crippen molar-refractivity contribution >= 4 is 0 Å². The van der Waals surface area contributed by atoms with E-state index in [1.165, 1.54) is 0 Å². The molecule has 0 saturated heterocycles. The van der Waals surface area contributed by atoms with E-state index in [2.05, 4.69) is 0 Å². The van der Waals surface area contributed by atoms with Crippen LogP contribution in [0.3, 0.4) is 0 Å². The summed E-state index contributed by atoms with van der Waals surface area (Å²) < 4.78 is 0. The van der Waals surface area contributed by atoms with E-state index < -0.39 is 0 Å². The third-order valence-corrected chi connectivity index (χ3v) is 1.92. The van der Waals surface area contributed by atoms with E-state index in [1.807, 2.05) is 0 Å². The van der Waals surface area contributed by atoms with Gasteiger partial charge in [0.2, 0.25) is 0 Å². The molecule has 1 aliphatic carbocycles. The van der Waals surface area contributed by atoms with Crippen LogP contribution in [0.15, 0.2) is 0 Å². The van der Waals surface area contributed by atoms with Crippen LogP contribution in [0.2, 0.25) is 0 Å². The second-order valence-corrected chi connectivity index (χ2v) is 2.62. The summed E-state index contributed by atoms with van der Waals surface area (Å²) in [7, 11) is 0. The summed E-state index contributed by atoms with van der Waals surface area (Å²) in [5.41, 5.74) is 5.37. The minimum absolute atomic E-state index is 0.358. The highest BCUT2D eigenvalue weighted by atomic mass is 16.3. The van der Waals surface area contributed by atoms with Crippen LogP contribution in [0.4, 0.5) is 0 Å². The van der Waals surface area contributed by atoms with E-state index in [0.29, 0.717) is 18.4 Å². The van der Waals surface area contributed by atoms with Crippen LogP contribution in [0, 0.1) is 11.8 Å². The molecule has 8 heavy (non-hydrogen) atoms. The molecule has 0 heterocycles. The van der Waals surface area contributed by atoms with E-state index >= 15 is 0 Å². The summed E-state index contributed by atoms with van der Waals surface area (Å²) >= 11 is 0. The number of aliphatic hydroxyl groups is 1. The van der Waals surface area contributed by atoms with Crippen molar-refractivity contribution in [3.8, 4) is 0 Å². The molecule has 0 amide bonds. The Balaban J connectivity index is 2.03. The highest BCUT2D eigenvalue weighted by molar-refractivity contribution is 4.78. The fourth-order valence-corrected chi connectivity index (χ4v) is 1.22. The molecule has 0 spiro atoms. The van der Waals surface area contributed by atoms with Crippen LogP contribution in [0.25, 0.3) is 0 Å². The van der Waals surface area contributed by atoms with Gasteiger partial charge in [-0.3, -0.25) is 0 Å². The summed E-state index contributed by atoms with van der Waals surface area (Å²) in [6.45, 7) is 1.16. The monoisotopic (exact) mass is 115 g/mol. The molecule has 1 saturated carbocycles. The van der Waals surface area contributed by atoms with Gasteiger partial charge < -0.3 is 10.8 Å². The van der Waals surface area contributed by atoms with Crippen LogP contribution in [-0.4, -0.2) is 18.3 Å². The molecule has 0 aliphatic heterocycles. The molecule has 0 radical (unpaired) electrons. The van der Waals surface area contributed by atoms with Crippen LogP contribution in [-0.2, 0) is 0 Å². The predicted octanol–water partition coefficient (Wildman–Crippen LogP) is -0.0364. The van der Waals surface area contributed by atoms with E-state index in [-0.39, 0.29) is 0 Å². The third kappa shape index (κ3) is 1.01. The summed E-state index contributed by atoms with van der Waals surface area (Å²) in [5.74, 6) is 1.29. The largest absolute Gasteiger partial charge is 0.396 e. The Morgan fingerprint density at radius 3 is 2.38 bits per heavy atom. The van der Waals surface area contributed by atoms with Gasteiger partial charge in [-0.25, -0.2) is 0 Å². The molecule has 48 valence electrons. The second kappa shape index (κ2) is 2.46. The van der Waals surface area contributed by atoms with Gasteiger partial charge in [0, 0.05) is 6.61 Å². The number of hydrogen-bond acceptors (Lipinski definition) is 2. The van der Waals surface area contributed by atoms with E-state index in [4.69, 9.17) is 10.8 Å². The minimum atomic E-state index is 0.358. The van der Waals surface area contributed by atoms with Crippen molar-refractivity contribution < 1.29 is 5.11 Å². The molecule has 0 bridgehead atoms. The Hall–Kier alpha value is -0.0800. The van der Waals surface area contributed by atoms with E-state index in [0.717, 1.165) is 19.4 Å². The average molecular weight is 115 g/mol. The Kier molecular flexibility index (Phi) is 1.86. The van der Waals surface area contributed by atoms with Crippen LogP contribution >= 0.6 is 0 Å². The first kappa shape index (κ1) is 6.05. The van der Waals surface area contributed by atoms with Gasteiger partial charge >= 0.3 is 0 Å². The molecular weight excluding hydrogens is 102 g/mol. The molecule has 0 aromatic rings. The standard InChI is InChI=1S/C6H13NO/c7-3-5-1-6(2-5)4-8/h5-6,8H,1-4,7H2. The van der Waals surface area contributed by atoms with Crippen molar-refractivity contribution in [1.29, 1.82) is 0 Å². The smallest absolute Gasteiger partial charge is 0.0459 e. The summed E-state index contributed by atoms with van der Waals surface area (Å²) in [4.78, 5) is 0. The van der Waals surface area contributed by atoms with Gasteiger partial charge in [-0.1, -0.05) is 0 Å². The number of aliphatic hydroxyl groups excluding tert-OH is 1. The minimum Gasteiger partial charge on any atom is -0.396 e. The molecule has 0 atom stereocenters. The second-order valence-electron chi connectivity index (χ2n) is 2.62. The molecule has 1 rings (SSSR count). The number of hydrogen-bond donors (Lipinski definition) is 2. The average Bonchev–Trinajstić information content (AvgIpc) is 1.65. The van der Waals surface area contributed by atoms with Gasteiger partial charge in [-0.15, -0.1) is 0 Å². The van der Waals surface area contributed by atoms with Crippen LogP contribution in [0.1, 0.15) is 12.8 Å². The quantitative estimate of drug-likeness (QED) is 0.530. The number of nitrogens with two attached hydrogens (primary N) is 1. The van der Waals surface area contributed by atoms with Crippen molar-refractivity contribution in [3.63, 3.8) is 0 Å². The van der Waals surface area contributed by atoms with Gasteiger partial charge in [0.25, 0.3) is 0 Å². The first-order chi connectivity index (χ1) is 3.86. The maximum absolute atomic E-state index is 8.56. The Labute approximate surface area is 49.7 Å². The van der Waals surface area contributed by atoms with Crippen molar-refractivity contribution in [2.45, 2.75) is 12.8 Å². The zero-order valence-electron chi connectivity index (χ0n) is 5.01. The third-order valence-electron chi connectivity index (χ3n) is 1.92. The van der Waals surface area contributed by atoms with Gasteiger partial charge in [0.05, 0.1) is 0 Å². The normalized spacial score (nSPS) is 36.8. The van der Waals surface area contributed by atoms with Crippen molar-refractivity contribution in [3.05, 3.63) is 0 Å². The van der Waals surface area contributed by atoms with Crippen LogP contribution in [0.5, 0.6) is 0 Å². The van der Waals surface area contributed by atoms with Gasteiger partial charge in [-0.2, -0.15) is 0 Å². The molecule has 2 nitrogen and oxygen atoms in total. The predicted molar refractivity (Wildman–Crippen MR) is 32.4 cm³/mol.